The maximum Gasteiger partial charge on any atom is 0.339 e. The molecule has 1 aromatic heterocycles. The van der Waals surface area contributed by atoms with Gasteiger partial charge in [0.2, 0.25) is 0 Å². The second kappa shape index (κ2) is 8.59. The lowest BCUT2D eigenvalue weighted by Gasteiger charge is -2.33. The summed E-state index contributed by atoms with van der Waals surface area (Å²) in [6, 6.07) is 6.97. The summed E-state index contributed by atoms with van der Waals surface area (Å²) in [5.74, 6) is -0.109. The summed E-state index contributed by atoms with van der Waals surface area (Å²) in [5, 5.41) is 3.04. The number of hydrogen-bond acceptors (Lipinski definition) is 7. The summed E-state index contributed by atoms with van der Waals surface area (Å²) in [6.45, 7) is 6.25. The van der Waals surface area contributed by atoms with Gasteiger partial charge in [0.25, 0.3) is 5.91 Å². The number of para-hydroxylation sites is 1. The molecule has 1 N–H and O–H groups in total. The zero-order valence-electron chi connectivity index (χ0n) is 15.5. The number of aromatic nitrogens is 2. The van der Waals surface area contributed by atoms with Gasteiger partial charge in [-0.05, 0) is 18.7 Å². The number of amides is 1. The van der Waals surface area contributed by atoms with Crippen LogP contribution in [0.1, 0.15) is 27.8 Å². The number of nitrogens with zero attached hydrogens (tertiary/aromatic N) is 4. The summed E-state index contributed by atoms with van der Waals surface area (Å²) in [5.41, 5.74) is 1.27. The second-order valence-electron chi connectivity index (χ2n) is 6.18. The van der Waals surface area contributed by atoms with Crippen molar-refractivity contribution in [2.24, 2.45) is 0 Å². The number of benzene rings is 1. The minimum atomic E-state index is -0.441. The number of anilines is 2. The summed E-state index contributed by atoms with van der Waals surface area (Å²) in [6.07, 6.45) is 2.95. The van der Waals surface area contributed by atoms with E-state index in [-0.39, 0.29) is 5.91 Å². The van der Waals surface area contributed by atoms with Crippen LogP contribution in [0.2, 0.25) is 0 Å². The fraction of sp³-hybridized carbons (Fsp3) is 0.368. The molecule has 1 aromatic carbocycles. The second-order valence-corrected chi connectivity index (χ2v) is 6.18. The van der Waals surface area contributed by atoms with Crippen molar-refractivity contribution >= 4 is 23.4 Å². The molecule has 27 heavy (non-hydrogen) atoms. The molecule has 2 heterocycles. The van der Waals surface area contributed by atoms with E-state index in [4.69, 9.17) is 4.74 Å². The fourth-order valence-corrected chi connectivity index (χ4v) is 2.95. The van der Waals surface area contributed by atoms with E-state index in [0.29, 0.717) is 35.9 Å². The fourth-order valence-electron chi connectivity index (χ4n) is 2.95. The standard InChI is InChI=1S/C19H23N5O3/c1-3-23-8-10-24(11-9-23)18(25)16-12-21-17(13-20-16)22-15-7-5-4-6-14(15)19(26)27-2/h4-7,12-13H,3,8-11H2,1-2H3,(H,21,22). The molecular weight excluding hydrogens is 346 g/mol. The van der Waals surface area contributed by atoms with Crippen molar-refractivity contribution in [3.05, 3.63) is 47.9 Å². The lowest BCUT2D eigenvalue weighted by molar-refractivity contribution is 0.0600. The Morgan fingerprint density at radius 1 is 1.11 bits per heavy atom. The Hall–Kier alpha value is -3.00. The summed E-state index contributed by atoms with van der Waals surface area (Å²) < 4.78 is 4.78. The Kier molecular flexibility index (Phi) is 5.97. The SMILES string of the molecule is CCN1CCN(C(=O)c2cnc(Nc3ccccc3C(=O)OC)cn2)CC1. The third kappa shape index (κ3) is 4.40. The first-order valence-corrected chi connectivity index (χ1v) is 8.90. The smallest absolute Gasteiger partial charge is 0.339 e. The Morgan fingerprint density at radius 3 is 2.48 bits per heavy atom. The molecule has 1 aliphatic heterocycles. The molecule has 8 heteroatoms. The largest absolute Gasteiger partial charge is 0.465 e. The zero-order valence-corrected chi connectivity index (χ0v) is 15.5. The molecular formula is C19H23N5O3. The van der Waals surface area contributed by atoms with Crippen LogP contribution in [0, 0.1) is 0 Å². The number of ether oxygens (including phenoxy) is 1. The van der Waals surface area contributed by atoms with Crippen LogP contribution in [0.5, 0.6) is 0 Å². The third-order valence-corrected chi connectivity index (χ3v) is 4.57. The van der Waals surface area contributed by atoms with E-state index in [1.54, 1.807) is 29.2 Å². The molecule has 142 valence electrons. The van der Waals surface area contributed by atoms with Gasteiger partial charge in [-0.15, -0.1) is 0 Å². The Balaban J connectivity index is 1.68. The van der Waals surface area contributed by atoms with Crippen LogP contribution in [0.3, 0.4) is 0 Å². The molecule has 0 spiro atoms. The summed E-state index contributed by atoms with van der Waals surface area (Å²) in [7, 11) is 1.33. The van der Waals surface area contributed by atoms with Gasteiger partial charge in [-0.2, -0.15) is 0 Å². The van der Waals surface area contributed by atoms with Gasteiger partial charge in [0.15, 0.2) is 0 Å². The van der Waals surface area contributed by atoms with Crippen LogP contribution in [-0.2, 0) is 4.74 Å². The van der Waals surface area contributed by atoms with Crippen LogP contribution in [0.4, 0.5) is 11.5 Å². The summed E-state index contributed by atoms with van der Waals surface area (Å²) in [4.78, 5) is 37.0. The average Bonchev–Trinajstić information content (AvgIpc) is 2.73. The number of rotatable bonds is 5. The molecule has 0 saturated carbocycles. The first-order valence-electron chi connectivity index (χ1n) is 8.90. The van der Waals surface area contributed by atoms with E-state index in [9.17, 15) is 9.59 Å². The predicted molar refractivity (Wildman–Crippen MR) is 101 cm³/mol. The first kappa shape index (κ1) is 18.8. The molecule has 2 aromatic rings. The van der Waals surface area contributed by atoms with Gasteiger partial charge in [-0.3, -0.25) is 4.79 Å². The third-order valence-electron chi connectivity index (χ3n) is 4.57. The van der Waals surface area contributed by atoms with Crippen LogP contribution >= 0.6 is 0 Å². The van der Waals surface area contributed by atoms with Gasteiger partial charge >= 0.3 is 5.97 Å². The quantitative estimate of drug-likeness (QED) is 0.804. The Labute approximate surface area is 158 Å². The molecule has 0 aliphatic carbocycles. The van der Waals surface area contributed by atoms with Crippen molar-refractivity contribution in [3.63, 3.8) is 0 Å². The maximum atomic E-state index is 12.6. The minimum Gasteiger partial charge on any atom is -0.465 e. The van der Waals surface area contributed by atoms with Gasteiger partial charge in [0, 0.05) is 26.2 Å². The number of methoxy groups -OCH3 is 1. The molecule has 0 atom stereocenters. The van der Waals surface area contributed by atoms with E-state index >= 15 is 0 Å². The monoisotopic (exact) mass is 369 g/mol. The molecule has 1 aliphatic rings. The Bertz CT molecular complexity index is 801. The highest BCUT2D eigenvalue weighted by molar-refractivity contribution is 5.96. The summed E-state index contributed by atoms with van der Waals surface area (Å²) >= 11 is 0. The highest BCUT2D eigenvalue weighted by Crippen LogP contribution is 2.20. The van der Waals surface area contributed by atoms with E-state index in [2.05, 4.69) is 27.1 Å². The van der Waals surface area contributed by atoms with Gasteiger partial charge < -0.3 is 19.9 Å². The number of hydrogen-bond donors (Lipinski definition) is 1. The highest BCUT2D eigenvalue weighted by atomic mass is 16.5. The first-order chi connectivity index (χ1) is 13.1. The number of piperazine rings is 1. The number of esters is 1. The molecule has 0 bridgehead atoms. The number of carbonyl (C=O) groups excluding carboxylic acids is 2. The highest BCUT2D eigenvalue weighted by Gasteiger charge is 2.22. The zero-order chi connectivity index (χ0) is 19.2. The van der Waals surface area contributed by atoms with E-state index in [1.165, 1.54) is 19.5 Å². The number of nitrogens with one attached hydrogen (secondary N) is 1. The van der Waals surface area contributed by atoms with Crippen molar-refractivity contribution in [1.29, 1.82) is 0 Å². The molecule has 3 rings (SSSR count). The normalized spacial score (nSPS) is 14.7. The van der Waals surface area contributed by atoms with E-state index < -0.39 is 5.97 Å². The van der Waals surface area contributed by atoms with Crippen molar-refractivity contribution in [3.8, 4) is 0 Å². The van der Waals surface area contributed by atoms with Gasteiger partial charge in [-0.1, -0.05) is 19.1 Å². The topological polar surface area (TPSA) is 87.7 Å². The molecule has 1 fully saturated rings. The van der Waals surface area contributed by atoms with Crippen LogP contribution in [-0.4, -0.2) is 71.5 Å². The molecule has 1 amide bonds. The van der Waals surface area contributed by atoms with E-state index in [1.807, 2.05) is 0 Å². The van der Waals surface area contributed by atoms with Crippen LogP contribution < -0.4 is 5.32 Å². The number of likely N-dealkylation sites (N-methyl/N-ethyl adjacent to an activating group) is 1. The molecule has 0 radical (unpaired) electrons. The molecule has 0 unspecified atom stereocenters. The Morgan fingerprint density at radius 2 is 1.85 bits per heavy atom. The van der Waals surface area contributed by atoms with Gasteiger partial charge in [0.1, 0.15) is 11.5 Å². The van der Waals surface area contributed by atoms with Gasteiger partial charge in [-0.25, -0.2) is 14.8 Å². The van der Waals surface area contributed by atoms with Gasteiger partial charge in [0.05, 0.1) is 30.8 Å². The van der Waals surface area contributed by atoms with Crippen molar-refractivity contribution < 1.29 is 14.3 Å². The lowest BCUT2D eigenvalue weighted by Crippen LogP contribution is -2.48. The molecule has 1 saturated heterocycles. The van der Waals surface area contributed by atoms with Crippen molar-refractivity contribution in [2.45, 2.75) is 6.92 Å². The predicted octanol–water partition coefficient (Wildman–Crippen LogP) is 1.78. The average molecular weight is 369 g/mol. The molecule has 8 nitrogen and oxygen atoms in total. The number of carbonyl (C=O) groups is 2. The van der Waals surface area contributed by atoms with E-state index in [0.717, 1.165) is 19.6 Å². The van der Waals surface area contributed by atoms with Crippen LogP contribution in [0.25, 0.3) is 0 Å². The van der Waals surface area contributed by atoms with Crippen LogP contribution in [0.15, 0.2) is 36.7 Å². The van der Waals surface area contributed by atoms with Crippen molar-refractivity contribution in [2.75, 3.05) is 45.2 Å². The minimum absolute atomic E-state index is 0.111. The maximum absolute atomic E-state index is 12.6. The lowest BCUT2D eigenvalue weighted by atomic mass is 10.2. The van der Waals surface area contributed by atoms with Crippen molar-refractivity contribution in [1.82, 2.24) is 19.8 Å².